The molecule has 0 aliphatic carbocycles. The Labute approximate surface area is 199 Å². The lowest BCUT2D eigenvalue weighted by Gasteiger charge is -2.25. The highest BCUT2D eigenvalue weighted by molar-refractivity contribution is 5.82. The molecule has 0 fully saturated rings. The molecule has 2 aromatic heterocycles. The molecule has 3 aromatic rings. The first kappa shape index (κ1) is 24.9. The second-order valence-electron chi connectivity index (χ2n) is 9.02. The maximum absolute atomic E-state index is 13.4. The highest BCUT2D eigenvalue weighted by Crippen LogP contribution is 2.29. The summed E-state index contributed by atoms with van der Waals surface area (Å²) in [6.45, 7) is 7.97. The number of rotatable bonds is 9. The number of amides is 1. The lowest BCUT2D eigenvalue weighted by atomic mass is 9.94. The number of hydrogen-bond acceptors (Lipinski definition) is 4. The molecule has 3 rings (SSSR count). The molecule has 2 atom stereocenters. The van der Waals surface area contributed by atoms with Gasteiger partial charge in [-0.05, 0) is 60.6 Å². The molecule has 0 saturated heterocycles. The number of carbonyl (C=O) groups is 2. The minimum Gasteiger partial charge on any atom is -0.481 e. The molecule has 34 heavy (non-hydrogen) atoms. The fourth-order valence-corrected chi connectivity index (χ4v) is 4.24. The lowest BCUT2D eigenvalue weighted by molar-refractivity contribution is -0.138. The number of aliphatic carboxylic acids is 1. The third kappa shape index (κ3) is 5.98. The zero-order valence-electron chi connectivity index (χ0n) is 20.0. The van der Waals surface area contributed by atoms with Crippen molar-refractivity contribution in [3.05, 3.63) is 88.1 Å². The molecule has 2 heterocycles. The van der Waals surface area contributed by atoms with Crippen LogP contribution in [-0.2, 0) is 9.59 Å². The SMILES string of the molecule is Cc1cccc(C)c1-c1cncc([C@@H](CC(=O)O)NC(=O)[C@H](CC(C)C)n2ccccc2=O)c1. The monoisotopic (exact) mass is 461 g/mol. The van der Waals surface area contributed by atoms with Crippen LogP contribution in [0.25, 0.3) is 11.1 Å². The van der Waals surface area contributed by atoms with Crippen molar-refractivity contribution >= 4 is 11.9 Å². The van der Waals surface area contributed by atoms with Gasteiger partial charge in [0.05, 0.1) is 12.5 Å². The maximum Gasteiger partial charge on any atom is 0.305 e. The van der Waals surface area contributed by atoms with E-state index < -0.39 is 24.0 Å². The van der Waals surface area contributed by atoms with Gasteiger partial charge < -0.3 is 15.0 Å². The number of aromatic nitrogens is 2. The third-order valence-corrected chi connectivity index (χ3v) is 5.81. The Morgan fingerprint density at radius 3 is 2.38 bits per heavy atom. The first-order valence-corrected chi connectivity index (χ1v) is 11.4. The standard InChI is InChI=1S/C27H31N3O4/c1-17(2)12-23(30-11-6-5-10-24(30)31)27(34)29-22(14-25(32)33)20-13-21(16-28-15-20)26-18(3)8-7-9-19(26)4/h5-11,13,15-17,22-23H,12,14H2,1-4H3,(H,29,34)(H,32,33)/t22-,23+/m1/s1. The van der Waals surface area contributed by atoms with E-state index in [1.807, 2.05) is 52.0 Å². The van der Waals surface area contributed by atoms with Crippen molar-refractivity contribution in [2.45, 2.75) is 52.6 Å². The Balaban J connectivity index is 1.97. The van der Waals surface area contributed by atoms with Gasteiger partial charge in [-0.3, -0.25) is 19.4 Å². The highest BCUT2D eigenvalue weighted by Gasteiger charge is 2.27. The topological polar surface area (TPSA) is 101 Å². The predicted octanol–water partition coefficient (Wildman–Crippen LogP) is 4.45. The van der Waals surface area contributed by atoms with Crippen molar-refractivity contribution < 1.29 is 14.7 Å². The second kappa shape index (κ2) is 10.9. The minimum absolute atomic E-state index is 0.148. The highest BCUT2D eigenvalue weighted by atomic mass is 16.4. The number of aryl methyl sites for hydroxylation is 2. The summed E-state index contributed by atoms with van der Waals surface area (Å²) in [5, 5.41) is 12.4. The van der Waals surface area contributed by atoms with Gasteiger partial charge in [0.15, 0.2) is 0 Å². The summed E-state index contributed by atoms with van der Waals surface area (Å²) in [6, 6.07) is 11.1. The second-order valence-corrected chi connectivity index (χ2v) is 9.02. The van der Waals surface area contributed by atoms with Gasteiger partial charge in [-0.15, -0.1) is 0 Å². The van der Waals surface area contributed by atoms with E-state index in [0.29, 0.717) is 12.0 Å². The Hall–Kier alpha value is -3.74. The van der Waals surface area contributed by atoms with Gasteiger partial charge >= 0.3 is 5.97 Å². The fraction of sp³-hybridized carbons (Fsp3) is 0.333. The van der Waals surface area contributed by atoms with Gasteiger partial charge in [-0.1, -0.05) is 38.1 Å². The summed E-state index contributed by atoms with van der Waals surface area (Å²) in [5.41, 5.74) is 4.37. The number of nitrogens with one attached hydrogen (secondary N) is 1. The summed E-state index contributed by atoms with van der Waals surface area (Å²) in [7, 11) is 0. The molecule has 178 valence electrons. The van der Waals surface area contributed by atoms with Crippen LogP contribution < -0.4 is 10.9 Å². The van der Waals surface area contributed by atoms with Crippen LogP contribution in [0.2, 0.25) is 0 Å². The van der Waals surface area contributed by atoms with Crippen LogP contribution in [-0.4, -0.2) is 26.5 Å². The van der Waals surface area contributed by atoms with Crippen molar-refractivity contribution in [2.24, 2.45) is 5.92 Å². The van der Waals surface area contributed by atoms with Gasteiger partial charge in [0, 0.05) is 30.2 Å². The van der Waals surface area contributed by atoms with Crippen molar-refractivity contribution in [2.75, 3.05) is 0 Å². The first-order valence-electron chi connectivity index (χ1n) is 11.4. The van der Waals surface area contributed by atoms with Gasteiger partial charge in [0.1, 0.15) is 6.04 Å². The van der Waals surface area contributed by atoms with Crippen molar-refractivity contribution in [1.29, 1.82) is 0 Å². The Morgan fingerprint density at radius 1 is 1.06 bits per heavy atom. The number of benzene rings is 1. The number of carbonyl (C=O) groups excluding carboxylic acids is 1. The average molecular weight is 462 g/mol. The normalized spacial score (nSPS) is 12.9. The molecule has 2 N–H and O–H groups in total. The van der Waals surface area contributed by atoms with E-state index in [-0.39, 0.29) is 17.9 Å². The molecule has 7 heteroatoms. The molecular formula is C27H31N3O4. The molecule has 0 saturated carbocycles. The molecule has 0 bridgehead atoms. The molecule has 0 spiro atoms. The van der Waals surface area contributed by atoms with Crippen LogP contribution in [0.3, 0.4) is 0 Å². The quantitative estimate of drug-likeness (QED) is 0.490. The Bertz CT molecular complexity index is 1210. The number of hydrogen-bond donors (Lipinski definition) is 2. The maximum atomic E-state index is 13.4. The van der Waals surface area contributed by atoms with E-state index in [2.05, 4.69) is 10.3 Å². The third-order valence-electron chi connectivity index (χ3n) is 5.81. The van der Waals surface area contributed by atoms with Gasteiger partial charge in [-0.2, -0.15) is 0 Å². The molecule has 0 unspecified atom stereocenters. The molecule has 0 aliphatic heterocycles. The minimum atomic E-state index is -1.04. The first-order chi connectivity index (χ1) is 16.2. The van der Waals surface area contributed by atoms with Crippen molar-refractivity contribution in [3.8, 4) is 11.1 Å². The van der Waals surface area contributed by atoms with E-state index in [9.17, 15) is 19.5 Å². The fourth-order valence-electron chi connectivity index (χ4n) is 4.24. The van der Waals surface area contributed by atoms with Crippen molar-refractivity contribution in [3.63, 3.8) is 0 Å². The zero-order chi connectivity index (χ0) is 24.8. The van der Waals surface area contributed by atoms with E-state index in [4.69, 9.17) is 0 Å². The van der Waals surface area contributed by atoms with E-state index in [0.717, 1.165) is 22.3 Å². The smallest absolute Gasteiger partial charge is 0.305 e. The molecule has 0 aliphatic rings. The number of carboxylic acid groups (broad SMARTS) is 1. The Morgan fingerprint density at radius 2 is 1.76 bits per heavy atom. The summed E-state index contributed by atoms with van der Waals surface area (Å²) in [5.74, 6) is -1.29. The molecule has 1 amide bonds. The van der Waals surface area contributed by atoms with Gasteiger partial charge in [0.2, 0.25) is 5.91 Å². The van der Waals surface area contributed by atoms with Crippen LogP contribution in [0.5, 0.6) is 0 Å². The summed E-state index contributed by atoms with van der Waals surface area (Å²) >= 11 is 0. The van der Waals surface area contributed by atoms with E-state index in [1.165, 1.54) is 10.6 Å². The average Bonchev–Trinajstić information content (AvgIpc) is 2.77. The van der Waals surface area contributed by atoms with Gasteiger partial charge in [0.25, 0.3) is 5.56 Å². The largest absolute Gasteiger partial charge is 0.481 e. The van der Waals surface area contributed by atoms with Crippen molar-refractivity contribution in [1.82, 2.24) is 14.9 Å². The summed E-state index contributed by atoms with van der Waals surface area (Å²) in [6.07, 6.45) is 5.04. The Kier molecular flexibility index (Phi) is 7.99. The molecular weight excluding hydrogens is 430 g/mol. The van der Waals surface area contributed by atoms with Crippen LogP contribution in [0.1, 0.15) is 55.5 Å². The van der Waals surface area contributed by atoms with Crippen LogP contribution in [0, 0.1) is 19.8 Å². The zero-order valence-corrected chi connectivity index (χ0v) is 20.0. The van der Waals surface area contributed by atoms with Crippen LogP contribution >= 0.6 is 0 Å². The number of carboxylic acids is 1. The van der Waals surface area contributed by atoms with E-state index >= 15 is 0 Å². The van der Waals surface area contributed by atoms with Gasteiger partial charge in [-0.25, -0.2) is 0 Å². The molecule has 7 nitrogen and oxygen atoms in total. The summed E-state index contributed by atoms with van der Waals surface area (Å²) in [4.78, 5) is 41.8. The molecule has 0 radical (unpaired) electrons. The number of pyridine rings is 2. The lowest BCUT2D eigenvalue weighted by Crippen LogP contribution is -2.40. The van der Waals surface area contributed by atoms with Crippen LogP contribution in [0.15, 0.2) is 65.8 Å². The number of nitrogens with zero attached hydrogens (tertiary/aromatic N) is 2. The molecule has 1 aromatic carbocycles. The summed E-state index contributed by atoms with van der Waals surface area (Å²) < 4.78 is 1.40. The van der Waals surface area contributed by atoms with Crippen LogP contribution in [0.4, 0.5) is 0 Å². The van der Waals surface area contributed by atoms with E-state index in [1.54, 1.807) is 30.7 Å². The predicted molar refractivity (Wildman–Crippen MR) is 131 cm³/mol.